The molecule has 0 aliphatic carbocycles. The van der Waals surface area contributed by atoms with E-state index in [9.17, 15) is 0 Å². The molecule has 0 saturated carbocycles. The zero-order valence-electron chi connectivity index (χ0n) is 8.08. The summed E-state index contributed by atoms with van der Waals surface area (Å²) in [6.07, 6.45) is 1.32. The van der Waals surface area contributed by atoms with E-state index in [1.54, 1.807) is 7.11 Å². The molecule has 0 aromatic heterocycles. The number of rotatable bonds is 1. The molecule has 0 bridgehead atoms. The van der Waals surface area contributed by atoms with Crippen molar-refractivity contribution in [2.24, 2.45) is 0 Å². The van der Waals surface area contributed by atoms with Crippen LogP contribution >= 0.6 is 0 Å². The van der Waals surface area contributed by atoms with Crippen molar-refractivity contribution in [1.29, 1.82) is 0 Å². The number of anilines is 1. The van der Waals surface area contributed by atoms with Crippen molar-refractivity contribution in [1.82, 2.24) is 0 Å². The molecule has 1 aromatic rings. The Hall–Kier alpha value is -1.02. The molecule has 2 heteroatoms. The van der Waals surface area contributed by atoms with Crippen molar-refractivity contribution >= 4 is 5.69 Å². The van der Waals surface area contributed by atoms with Crippen LogP contribution < -0.4 is 5.32 Å². The Morgan fingerprint density at radius 2 is 2.15 bits per heavy atom. The van der Waals surface area contributed by atoms with E-state index in [4.69, 9.17) is 4.74 Å². The predicted molar refractivity (Wildman–Crippen MR) is 54.0 cm³/mol. The molecule has 0 fully saturated rings. The monoisotopic (exact) mass is 177 g/mol. The summed E-state index contributed by atoms with van der Waals surface area (Å²) in [5, 5.41) is 3.44. The summed E-state index contributed by atoms with van der Waals surface area (Å²) in [6.45, 7) is 2.16. The maximum atomic E-state index is 5.40. The van der Waals surface area contributed by atoms with Crippen molar-refractivity contribution in [3.05, 3.63) is 29.8 Å². The Bertz CT molecular complexity index is 298. The highest BCUT2D eigenvalue weighted by Crippen LogP contribution is 2.25. The number of methoxy groups -OCH3 is 1. The van der Waals surface area contributed by atoms with Crippen molar-refractivity contribution in [2.75, 3.05) is 12.4 Å². The molecule has 70 valence electrons. The molecule has 1 aliphatic heterocycles. The molecule has 0 radical (unpaired) electrons. The minimum Gasteiger partial charge on any atom is -0.380 e. The summed E-state index contributed by atoms with van der Waals surface area (Å²) >= 11 is 0. The summed E-state index contributed by atoms with van der Waals surface area (Å²) in [7, 11) is 1.77. The molecule has 2 atom stereocenters. The lowest BCUT2D eigenvalue weighted by Gasteiger charge is -2.31. The number of benzene rings is 1. The van der Waals surface area contributed by atoms with Gasteiger partial charge in [-0.15, -0.1) is 0 Å². The third-order valence-electron chi connectivity index (χ3n) is 2.68. The Kier molecular flexibility index (Phi) is 2.23. The highest BCUT2D eigenvalue weighted by Gasteiger charge is 2.23. The molecule has 1 aromatic carbocycles. The van der Waals surface area contributed by atoms with Crippen molar-refractivity contribution in [3.63, 3.8) is 0 Å². The van der Waals surface area contributed by atoms with E-state index in [1.165, 1.54) is 11.3 Å². The zero-order chi connectivity index (χ0) is 9.26. The number of nitrogens with one attached hydrogen (secondary N) is 1. The van der Waals surface area contributed by atoms with Crippen LogP contribution in [0.15, 0.2) is 24.3 Å². The van der Waals surface area contributed by atoms with Crippen LogP contribution in [-0.4, -0.2) is 19.3 Å². The lowest BCUT2D eigenvalue weighted by atomic mass is 9.96. The standard InChI is InChI=1S/C11H15NO/c1-8-11(13-2)7-9-5-3-4-6-10(9)12-8/h3-6,8,11-12H,7H2,1-2H3/t8-,11-/m1/s1. The van der Waals surface area contributed by atoms with Crippen LogP contribution in [0.25, 0.3) is 0 Å². The van der Waals surface area contributed by atoms with E-state index in [-0.39, 0.29) is 0 Å². The van der Waals surface area contributed by atoms with Crippen LogP contribution in [-0.2, 0) is 11.2 Å². The van der Waals surface area contributed by atoms with Crippen LogP contribution in [0.4, 0.5) is 5.69 Å². The fourth-order valence-electron chi connectivity index (χ4n) is 1.86. The minimum atomic E-state index is 0.301. The molecule has 1 heterocycles. The Morgan fingerprint density at radius 1 is 1.38 bits per heavy atom. The third-order valence-corrected chi connectivity index (χ3v) is 2.68. The van der Waals surface area contributed by atoms with E-state index < -0.39 is 0 Å². The summed E-state index contributed by atoms with van der Waals surface area (Å²) in [5.74, 6) is 0. The lowest BCUT2D eigenvalue weighted by Crippen LogP contribution is -2.38. The second kappa shape index (κ2) is 3.38. The number of hydrogen-bond acceptors (Lipinski definition) is 2. The number of fused-ring (bicyclic) bond motifs is 1. The summed E-state index contributed by atoms with van der Waals surface area (Å²) < 4.78 is 5.40. The van der Waals surface area contributed by atoms with Gasteiger partial charge in [0, 0.05) is 25.3 Å². The highest BCUT2D eigenvalue weighted by molar-refractivity contribution is 5.54. The number of para-hydroxylation sites is 1. The average Bonchev–Trinajstić information content (AvgIpc) is 2.17. The maximum absolute atomic E-state index is 5.40. The fourth-order valence-corrected chi connectivity index (χ4v) is 1.86. The molecule has 0 amide bonds. The first-order valence-corrected chi connectivity index (χ1v) is 4.68. The molecule has 13 heavy (non-hydrogen) atoms. The van der Waals surface area contributed by atoms with Crippen molar-refractivity contribution < 1.29 is 4.74 Å². The third kappa shape index (κ3) is 1.54. The first-order valence-electron chi connectivity index (χ1n) is 4.68. The second-order valence-electron chi connectivity index (χ2n) is 3.57. The molecule has 0 saturated heterocycles. The van der Waals surface area contributed by atoms with E-state index in [0.717, 1.165) is 6.42 Å². The van der Waals surface area contributed by atoms with Crippen LogP contribution in [0, 0.1) is 0 Å². The smallest absolute Gasteiger partial charge is 0.0810 e. The van der Waals surface area contributed by atoms with Gasteiger partial charge in [-0.3, -0.25) is 0 Å². The molecule has 0 unspecified atom stereocenters. The second-order valence-corrected chi connectivity index (χ2v) is 3.57. The highest BCUT2D eigenvalue weighted by atomic mass is 16.5. The van der Waals surface area contributed by atoms with Gasteiger partial charge in [-0.05, 0) is 18.6 Å². The number of ether oxygens (including phenoxy) is 1. The molecule has 0 spiro atoms. The predicted octanol–water partition coefficient (Wildman–Crippen LogP) is 2.06. The lowest BCUT2D eigenvalue weighted by molar-refractivity contribution is 0.0878. The van der Waals surface area contributed by atoms with Gasteiger partial charge in [-0.2, -0.15) is 0 Å². The van der Waals surface area contributed by atoms with E-state index in [2.05, 4.69) is 36.5 Å². The Balaban J connectivity index is 2.27. The molecule has 1 aliphatic rings. The summed E-state index contributed by atoms with van der Waals surface area (Å²) in [5.41, 5.74) is 2.61. The molecular formula is C11H15NO. The van der Waals surface area contributed by atoms with Crippen LogP contribution in [0.3, 0.4) is 0 Å². The number of hydrogen-bond donors (Lipinski definition) is 1. The van der Waals surface area contributed by atoms with Crippen LogP contribution in [0.2, 0.25) is 0 Å². The first kappa shape index (κ1) is 8.57. The Morgan fingerprint density at radius 3 is 2.92 bits per heavy atom. The Labute approximate surface area is 78.9 Å². The van der Waals surface area contributed by atoms with Gasteiger partial charge in [0.1, 0.15) is 0 Å². The molecular weight excluding hydrogens is 162 g/mol. The summed E-state index contributed by atoms with van der Waals surface area (Å²) in [6, 6.07) is 8.81. The fraction of sp³-hybridized carbons (Fsp3) is 0.455. The maximum Gasteiger partial charge on any atom is 0.0810 e. The largest absolute Gasteiger partial charge is 0.380 e. The molecule has 1 N–H and O–H groups in total. The summed E-state index contributed by atoms with van der Waals surface area (Å²) in [4.78, 5) is 0. The van der Waals surface area contributed by atoms with E-state index >= 15 is 0 Å². The molecule has 2 nitrogen and oxygen atoms in total. The normalized spacial score (nSPS) is 26.3. The van der Waals surface area contributed by atoms with Crippen LogP contribution in [0.5, 0.6) is 0 Å². The molecule has 2 rings (SSSR count). The minimum absolute atomic E-state index is 0.301. The SMILES string of the molecule is CO[C@@H]1Cc2ccccc2N[C@@H]1C. The van der Waals surface area contributed by atoms with Gasteiger partial charge in [0.2, 0.25) is 0 Å². The van der Waals surface area contributed by atoms with Crippen molar-refractivity contribution in [3.8, 4) is 0 Å². The topological polar surface area (TPSA) is 21.3 Å². The van der Waals surface area contributed by atoms with Gasteiger partial charge in [-0.25, -0.2) is 0 Å². The van der Waals surface area contributed by atoms with Crippen LogP contribution in [0.1, 0.15) is 12.5 Å². The van der Waals surface area contributed by atoms with Gasteiger partial charge in [0.25, 0.3) is 0 Å². The van der Waals surface area contributed by atoms with Gasteiger partial charge < -0.3 is 10.1 Å². The van der Waals surface area contributed by atoms with E-state index in [0.29, 0.717) is 12.1 Å². The van der Waals surface area contributed by atoms with Gasteiger partial charge in [0.05, 0.1) is 6.10 Å². The van der Waals surface area contributed by atoms with Gasteiger partial charge >= 0.3 is 0 Å². The van der Waals surface area contributed by atoms with Crippen molar-refractivity contribution in [2.45, 2.75) is 25.5 Å². The average molecular weight is 177 g/mol. The quantitative estimate of drug-likeness (QED) is 0.709. The van der Waals surface area contributed by atoms with Gasteiger partial charge in [-0.1, -0.05) is 18.2 Å². The first-order chi connectivity index (χ1) is 6.31. The van der Waals surface area contributed by atoms with E-state index in [1.807, 2.05) is 0 Å². The van der Waals surface area contributed by atoms with Gasteiger partial charge in [0.15, 0.2) is 0 Å². The zero-order valence-corrected chi connectivity index (χ0v) is 8.08.